The van der Waals surface area contributed by atoms with Gasteiger partial charge < -0.3 is 15.4 Å². The van der Waals surface area contributed by atoms with Gasteiger partial charge in [-0.1, -0.05) is 18.2 Å². The highest BCUT2D eigenvalue weighted by Gasteiger charge is 2.17. The fourth-order valence-corrected chi connectivity index (χ4v) is 2.14. The number of likely N-dealkylation sites (N-methyl/N-ethyl adjacent to an activating group) is 1. The Bertz CT molecular complexity index is 413. The van der Waals surface area contributed by atoms with Crippen molar-refractivity contribution >= 4 is 5.69 Å². The maximum atomic E-state index is 6.09. The average molecular weight is 248 g/mol. The molecular formula is C15H24N2O. The SMILES string of the molecule is C=C(C)CN(CC)c1cccc(OC)c1[C@H](C)N. The van der Waals surface area contributed by atoms with Gasteiger partial charge in [-0.15, -0.1) is 0 Å². The van der Waals surface area contributed by atoms with Crippen molar-refractivity contribution in [2.75, 3.05) is 25.1 Å². The Morgan fingerprint density at radius 3 is 2.61 bits per heavy atom. The van der Waals surface area contributed by atoms with Crippen LogP contribution < -0.4 is 15.4 Å². The Balaban J connectivity index is 3.24. The molecule has 1 atom stereocenters. The lowest BCUT2D eigenvalue weighted by molar-refractivity contribution is 0.407. The van der Waals surface area contributed by atoms with Crippen LogP contribution in [0.15, 0.2) is 30.4 Å². The smallest absolute Gasteiger partial charge is 0.125 e. The van der Waals surface area contributed by atoms with E-state index in [1.54, 1.807) is 7.11 Å². The highest BCUT2D eigenvalue weighted by molar-refractivity contribution is 5.61. The second kappa shape index (κ2) is 6.45. The van der Waals surface area contributed by atoms with Gasteiger partial charge in [0.1, 0.15) is 5.75 Å². The lowest BCUT2D eigenvalue weighted by Crippen LogP contribution is -2.27. The van der Waals surface area contributed by atoms with Gasteiger partial charge in [-0.2, -0.15) is 0 Å². The zero-order valence-corrected chi connectivity index (χ0v) is 11.9. The third-order valence-corrected chi connectivity index (χ3v) is 2.90. The van der Waals surface area contributed by atoms with Crippen molar-refractivity contribution in [1.82, 2.24) is 0 Å². The minimum Gasteiger partial charge on any atom is -0.496 e. The zero-order chi connectivity index (χ0) is 13.7. The Kier molecular flexibility index (Phi) is 5.23. The maximum absolute atomic E-state index is 6.09. The molecule has 0 radical (unpaired) electrons. The van der Waals surface area contributed by atoms with Gasteiger partial charge in [0, 0.05) is 30.4 Å². The van der Waals surface area contributed by atoms with Crippen LogP contribution in [0, 0.1) is 0 Å². The van der Waals surface area contributed by atoms with E-state index >= 15 is 0 Å². The molecule has 0 amide bonds. The lowest BCUT2D eigenvalue weighted by atomic mass is 10.0. The number of rotatable bonds is 6. The van der Waals surface area contributed by atoms with Crippen LogP contribution in [0.5, 0.6) is 5.75 Å². The molecule has 0 bridgehead atoms. The Labute approximate surface area is 110 Å². The molecule has 1 rings (SSSR count). The van der Waals surface area contributed by atoms with Crippen LogP contribution >= 0.6 is 0 Å². The van der Waals surface area contributed by atoms with E-state index in [1.807, 2.05) is 26.0 Å². The number of anilines is 1. The molecule has 0 saturated heterocycles. The molecule has 0 spiro atoms. The summed E-state index contributed by atoms with van der Waals surface area (Å²) < 4.78 is 5.42. The molecule has 3 heteroatoms. The van der Waals surface area contributed by atoms with E-state index in [0.29, 0.717) is 0 Å². The summed E-state index contributed by atoms with van der Waals surface area (Å²) in [6.07, 6.45) is 0. The molecular weight excluding hydrogens is 224 g/mol. The predicted molar refractivity (Wildman–Crippen MR) is 78.3 cm³/mol. The van der Waals surface area contributed by atoms with Gasteiger partial charge in [-0.3, -0.25) is 0 Å². The molecule has 2 N–H and O–H groups in total. The van der Waals surface area contributed by atoms with Gasteiger partial charge in [0.15, 0.2) is 0 Å². The van der Waals surface area contributed by atoms with Gasteiger partial charge >= 0.3 is 0 Å². The molecule has 1 aromatic carbocycles. The van der Waals surface area contributed by atoms with Crippen molar-refractivity contribution in [2.24, 2.45) is 5.73 Å². The first-order valence-electron chi connectivity index (χ1n) is 6.33. The molecule has 0 fully saturated rings. The zero-order valence-electron chi connectivity index (χ0n) is 11.9. The van der Waals surface area contributed by atoms with Crippen LogP contribution in [0.2, 0.25) is 0 Å². The summed E-state index contributed by atoms with van der Waals surface area (Å²) in [5, 5.41) is 0. The van der Waals surface area contributed by atoms with E-state index in [4.69, 9.17) is 10.5 Å². The van der Waals surface area contributed by atoms with Gasteiger partial charge in [0.2, 0.25) is 0 Å². The van der Waals surface area contributed by atoms with E-state index in [-0.39, 0.29) is 6.04 Å². The first-order valence-corrected chi connectivity index (χ1v) is 6.33. The summed E-state index contributed by atoms with van der Waals surface area (Å²) >= 11 is 0. The molecule has 3 nitrogen and oxygen atoms in total. The Morgan fingerprint density at radius 1 is 1.50 bits per heavy atom. The molecule has 0 heterocycles. The predicted octanol–water partition coefficient (Wildman–Crippen LogP) is 3.12. The van der Waals surface area contributed by atoms with Crippen molar-refractivity contribution in [1.29, 1.82) is 0 Å². The highest BCUT2D eigenvalue weighted by atomic mass is 16.5. The summed E-state index contributed by atoms with van der Waals surface area (Å²) in [6, 6.07) is 5.99. The standard InChI is InChI=1S/C15H24N2O/c1-6-17(10-11(2)3)13-8-7-9-14(18-5)15(13)12(4)16/h7-9,12H,2,6,10,16H2,1,3-5H3/t12-/m0/s1. The molecule has 0 aromatic heterocycles. The van der Waals surface area contributed by atoms with E-state index in [1.165, 1.54) is 0 Å². The number of ether oxygens (including phenoxy) is 1. The molecule has 0 unspecified atom stereocenters. The summed E-state index contributed by atoms with van der Waals surface area (Å²) in [6.45, 7) is 11.9. The monoisotopic (exact) mass is 248 g/mol. The lowest BCUT2D eigenvalue weighted by Gasteiger charge is -2.28. The molecule has 18 heavy (non-hydrogen) atoms. The number of hydrogen-bond acceptors (Lipinski definition) is 3. The first-order chi connectivity index (χ1) is 8.51. The third kappa shape index (κ3) is 3.26. The van der Waals surface area contributed by atoms with Crippen molar-refractivity contribution in [3.63, 3.8) is 0 Å². The minimum atomic E-state index is -0.0599. The number of hydrogen-bond donors (Lipinski definition) is 1. The van der Waals surface area contributed by atoms with Crippen molar-refractivity contribution in [3.8, 4) is 5.75 Å². The van der Waals surface area contributed by atoms with Gasteiger partial charge in [-0.25, -0.2) is 0 Å². The molecule has 0 aliphatic carbocycles. The average Bonchev–Trinajstić information content (AvgIpc) is 2.34. The Hall–Kier alpha value is -1.48. The molecule has 1 aromatic rings. The van der Waals surface area contributed by atoms with E-state index in [9.17, 15) is 0 Å². The first kappa shape index (κ1) is 14.6. The van der Waals surface area contributed by atoms with Crippen LogP contribution in [0.1, 0.15) is 32.4 Å². The van der Waals surface area contributed by atoms with Crippen molar-refractivity contribution < 1.29 is 4.74 Å². The summed E-state index contributed by atoms with van der Waals surface area (Å²) in [4.78, 5) is 2.27. The topological polar surface area (TPSA) is 38.5 Å². The largest absolute Gasteiger partial charge is 0.496 e. The van der Waals surface area contributed by atoms with E-state index in [2.05, 4.69) is 24.5 Å². The summed E-state index contributed by atoms with van der Waals surface area (Å²) in [5.41, 5.74) is 9.41. The number of methoxy groups -OCH3 is 1. The highest BCUT2D eigenvalue weighted by Crippen LogP contribution is 2.33. The van der Waals surface area contributed by atoms with Crippen molar-refractivity contribution in [3.05, 3.63) is 35.9 Å². The second-order valence-corrected chi connectivity index (χ2v) is 4.65. The summed E-state index contributed by atoms with van der Waals surface area (Å²) in [5.74, 6) is 0.850. The second-order valence-electron chi connectivity index (χ2n) is 4.65. The number of nitrogens with zero attached hydrogens (tertiary/aromatic N) is 1. The normalized spacial score (nSPS) is 12.1. The number of benzene rings is 1. The molecule has 0 saturated carbocycles. The maximum Gasteiger partial charge on any atom is 0.125 e. The fraction of sp³-hybridized carbons (Fsp3) is 0.467. The van der Waals surface area contributed by atoms with Crippen LogP contribution in [0.3, 0.4) is 0 Å². The van der Waals surface area contributed by atoms with E-state index < -0.39 is 0 Å². The fourth-order valence-electron chi connectivity index (χ4n) is 2.14. The van der Waals surface area contributed by atoms with Gasteiger partial charge in [0.25, 0.3) is 0 Å². The van der Waals surface area contributed by atoms with Gasteiger partial charge in [0.05, 0.1) is 7.11 Å². The molecule has 100 valence electrons. The van der Waals surface area contributed by atoms with Gasteiger partial charge in [-0.05, 0) is 32.9 Å². The quantitative estimate of drug-likeness (QED) is 0.786. The summed E-state index contributed by atoms with van der Waals surface area (Å²) in [7, 11) is 1.68. The third-order valence-electron chi connectivity index (χ3n) is 2.90. The van der Waals surface area contributed by atoms with E-state index in [0.717, 1.165) is 35.7 Å². The van der Waals surface area contributed by atoms with Crippen LogP contribution in [-0.2, 0) is 0 Å². The van der Waals surface area contributed by atoms with Crippen LogP contribution in [0.25, 0.3) is 0 Å². The molecule has 0 aliphatic heterocycles. The molecule has 0 aliphatic rings. The van der Waals surface area contributed by atoms with Crippen LogP contribution in [-0.4, -0.2) is 20.2 Å². The van der Waals surface area contributed by atoms with Crippen molar-refractivity contribution in [2.45, 2.75) is 26.8 Å². The van der Waals surface area contributed by atoms with Crippen LogP contribution in [0.4, 0.5) is 5.69 Å². The number of nitrogens with two attached hydrogens (primary N) is 1. The minimum absolute atomic E-state index is 0.0599. The Morgan fingerprint density at radius 2 is 2.17 bits per heavy atom.